The number of aryl methyl sites for hydroxylation is 1. The summed E-state index contributed by atoms with van der Waals surface area (Å²) in [5.74, 6) is -0.0632. The molecule has 1 N–H and O–H groups in total. The van der Waals surface area contributed by atoms with Crippen LogP contribution in [0.25, 0.3) is 5.65 Å². The lowest BCUT2D eigenvalue weighted by atomic mass is 10.3. The third-order valence-corrected chi connectivity index (χ3v) is 4.80. The number of amides is 2. The topological polar surface area (TPSA) is 75.9 Å². The molecule has 0 spiro atoms. The summed E-state index contributed by atoms with van der Waals surface area (Å²) < 4.78 is 7.32. The first-order chi connectivity index (χ1) is 13.9. The predicted molar refractivity (Wildman–Crippen MR) is 113 cm³/mol. The van der Waals surface area contributed by atoms with Crippen molar-refractivity contribution in [3.8, 4) is 5.75 Å². The molecule has 0 fully saturated rings. The van der Waals surface area contributed by atoms with Crippen LogP contribution in [-0.4, -0.2) is 45.8 Å². The van der Waals surface area contributed by atoms with E-state index < -0.39 is 0 Å². The monoisotopic (exact) mass is 414 g/mol. The molecule has 0 radical (unpaired) electrons. The van der Waals surface area contributed by atoms with Crippen molar-refractivity contribution in [3.63, 3.8) is 0 Å². The highest BCUT2D eigenvalue weighted by Gasteiger charge is 2.14. The van der Waals surface area contributed by atoms with Crippen LogP contribution in [0.1, 0.15) is 29.9 Å². The number of fused-ring (bicyclic) bond motifs is 1. The Hall–Kier alpha value is -3.06. The molecule has 0 aliphatic heterocycles. The number of imidazole rings is 1. The number of carbonyl (C=O) groups is 2. The largest absolute Gasteiger partial charge is 0.482 e. The summed E-state index contributed by atoms with van der Waals surface area (Å²) in [7, 11) is 0. The van der Waals surface area contributed by atoms with E-state index in [2.05, 4.69) is 10.3 Å². The quantitative estimate of drug-likeness (QED) is 0.638. The predicted octanol–water partition coefficient (Wildman–Crippen LogP) is 3.80. The van der Waals surface area contributed by atoms with Crippen LogP contribution in [0.15, 0.2) is 42.7 Å². The third-order valence-electron chi connectivity index (χ3n) is 4.51. The zero-order valence-corrected chi connectivity index (χ0v) is 17.4. The van der Waals surface area contributed by atoms with Crippen molar-refractivity contribution in [2.75, 3.05) is 25.0 Å². The summed E-state index contributed by atoms with van der Waals surface area (Å²) in [6.07, 6.45) is 3.53. The Morgan fingerprint density at radius 2 is 1.97 bits per heavy atom. The Morgan fingerprint density at radius 3 is 2.66 bits per heavy atom. The molecule has 0 atom stereocenters. The van der Waals surface area contributed by atoms with Gasteiger partial charge in [0, 0.05) is 31.2 Å². The van der Waals surface area contributed by atoms with Crippen molar-refractivity contribution in [3.05, 3.63) is 59.0 Å². The summed E-state index contributed by atoms with van der Waals surface area (Å²) in [6, 6.07) is 8.72. The normalized spacial score (nSPS) is 10.8. The number of hydrogen-bond donors (Lipinski definition) is 1. The molecule has 7 nitrogen and oxygen atoms in total. The van der Waals surface area contributed by atoms with Crippen LogP contribution in [0.2, 0.25) is 5.02 Å². The van der Waals surface area contributed by atoms with Gasteiger partial charge in [-0.3, -0.25) is 9.59 Å². The Labute approximate surface area is 174 Å². The molecule has 2 amide bonds. The summed E-state index contributed by atoms with van der Waals surface area (Å²) in [5, 5.41) is 3.08. The van der Waals surface area contributed by atoms with E-state index in [-0.39, 0.29) is 18.4 Å². The van der Waals surface area contributed by atoms with E-state index in [4.69, 9.17) is 16.3 Å². The van der Waals surface area contributed by atoms with E-state index >= 15 is 0 Å². The highest BCUT2D eigenvalue weighted by atomic mass is 35.5. The summed E-state index contributed by atoms with van der Waals surface area (Å²) in [5.41, 5.74) is 2.58. The number of likely N-dealkylation sites (N-methyl/N-ethyl adjacent to an activating group) is 1. The van der Waals surface area contributed by atoms with Crippen LogP contribution in [0.5, 0.6) is 5.75 Å². The van der Waals surface area contributed by atoms with Gasteiger partial charge in [0.1, 0.15) is 17.1 Å². The van der Waals surface area contributed by atoms with Crippen molar-refractivity contribution >= 4 is 34.7 Å². The fourth-order valence-corrected chi connectivity index (χ4v) is 3.13. The molecule has 1 aromatic carbocycles. The lowest BCUT2D eigenvalue weighted by Crippen LogP contribution is -2.34. The molecule has 2 aromatic heterocycles. The average molecular weight is 415 g/mol. The SMILES string of the molecule is CCN(CC)C(=O)COc1ccc(NC(=O)c2cn3ccc(C)cc3n2)cc1Cl. The molecule has 2 heterocycles. The highest BCUT2D eigenvalue weighted by Crippen LogP contribution is 2.28. The number of pyridine rings is 1. The average Bonchev–Trinajstić information content (AvgIpc) is 3.11. The fourth-order valence-electron chi connectivity index (χ4n) is 2.89. The molecule has 152 valence electrons. The van der Waals surface area contributed by atoms with Crippen LogP contribution in [-0.2, 0) is 4.79 Å². The van der Waals surface area contributed by atoms with Gasteiger partial charge in [0.25, 0.3) is 11.8 Å². The van der Waals surface area contributed by atoms with E-state index in [0.717, 1.165) is 5.56 Å². The minimum Gasteiger partial charge on any atom is -0.482 e. The van der Waals surface area contributed by atoms with Gasteiger partial charge in [0.15, 0.2) is 6.61 Å². The molecule has 0 unspecified atom stereocenters. The Kier molecular flexibility index (Phi) is 6.39. The van der Waals surface area contributed by atoms with Crippen molar-refractivity contribution in [2.24, 2.45) is 0 Å². The third kappa shape index (κ3) is 4.86. The van der Waals surface area contributed by atoms with E-state index in [9.17, 15) is 9.59 Å². The number of aromatic nitrogens is 2. The second-order valence-electron chi connectivity index (χ2n) is 6.55. The van der Waals surface area contributed by atoms with Crippen molar-refractivity contribution in [2.45, 2.75) is 20.8 Å². The van der Waals surface area contributed by atoms with E-state index in [0.29, 0.717) is 40.9 Å². The van der Waals surface area contributed by atoms with Gasteiger partial charge in [-0.05, 0) is 56.7 Å². The maximum absolute atomic E-state index is 12.5. The number of ether oxygens (including phenoxy) is 1. The van der Waals surface area contributed by atoms with Crippen LogP contribution < -0.4 is 10.1 Å². The molecule has 3 rings (SSSR count). The van der Waals surface area contributed by atoms with Crippen molar-refractivity contribution < 1.29 is 14.3 Å². The fraction of sp³-hybridized carbons (Fsp3) is 0.286. The summed E-state index contributed by atoms with van der Waals surface area (Å²) >= 11 is 6.25. The molecule has 0 saturated carbocycles. The maximum Gasteiger partial charge on any atom is 0.275 e. The first-order valence-corrected chi connectivity index (χ1v) is 9.76. The molecule has 0 bridgehead atoms. The summed E-state index contributed by atoms with van der Waals surface area (Å²) in [6.45, 7) is 6.95. The van der Waals surface area contributed by atoms with E-state index in [1.165, 1.54) is 0 Å². The lowest BCUT2D eigenvalue weighted by Gasteiger charge is -2.19. The first-order valence-electron chi connectivity index (χ1n) is 9.38. The van der Waals surface area contributed by atoms with Crippen molar-refractivity contribution in [1.29, 1.82) is 0 Å². The minimum absolute atomic E-state index is 0.0895. The van der Waals surface area contributed by atoms with Gasteiger partial charge < -0.3 is 19.4 Å². The summed E-state index contributed by atoms with van der Waals surface area (Å²) in [4.78, 5) is 30.6. The molecule has 0 saturated heterocycles. The molecule has 8 heteroatoms. The zero-order valence-electron chi connectivity index (χ0n) is 16.6. The Balaban J connectivity index is 1.66. The Bertz CT molecular complexity index is 1040. The van der Waals surface area contributed by atoms with Crippen LogP contribution in [0.4, 0.5) is 5.69 Å². The number of rotatable bonds is 7. The van der Waals surface area contributed by atoms with Crippen molar-refractivity contribution in [1.82, 2.24) is 14.3 Å². The van der Waals surface area contributed by atoms with Gasteiger partial charge in [-0.1, -0.05) is 11.6 Å². The van der Waals surface area contributed by atoms with Gasteiger partial charge >= 0.3 is 0 Å². The van der Waals surface area contributed by atoms with Gasteiger partial charge in [-0.15, -0.1) is 0 Å². The first kappa shape index (κ1) is 20.7. The molecular formula is C21H23ClN4O3. The van der Waals surface area contributed by atoms with Gasteiger partial charge in [0.2, 0.25) is 0 Å². The zero-order chi connectivity index (χ0) is 21.0. The Morgan fingerprint density at radius 1 is 1.21 bits per heavy atom. The molecular weight excluding hydrogens is 392 g/mol. The molecule has 29 heavy (non-hydrogen) atoms. The number of nitrogens with one attached hydrogen (secondary N) is 1. The van der Waals surface area contributed by atoms with Crippen LogP contribution in [0.3, 0.4) is 0 Å². The maximum atomic E-state index is 12.5. The van der Waals surface area contributed by atoms with Crippen LogP contribution >= 0.6 is 11.6 Å². The number of anilines is 1. The van der Waals surface area contributed by atoms with Gasteiger partial charge in [-0.2, -0.15) is 0 Å². The van der Waals surface area contributed by atoms with Gasteiger partial charge in [0.05, 0.1) is 5.02 Å². The molecule has 0 aliphatic rings. The molecule has 3 aromatic rings. The van der Waals surface area contributed by atoms with Gasteiger partial charge in [-0.25, -0.2) is 4.98 Å². The number of benzene rings is 1. The number of carbonyl (C=O) groups excluding carboxylic acids is 2. The second-order valence-corrected chi connectivity index (χ2v) is 6.96. The van der Waals surface area contributed by atoms with E-state index in [1.807, 2.05) is 39.1 Å². The highest BCUT2D eigenvalue weighted by molar-refractivity contribution is 6.32. The second kappa shape index (κ2) is 8.96. The smallest absolute Gasteiger partial charge is 0.275 e. The minimum atomic E-state index is -0.340. The van der Waals surface area contributed by atoms with Crippen LogP contribution in [0, 0.1) is 6.92 Å². The lowest BCUT2D eigenvalue weighted by molar-refractivity contribution is -0.132. The number of halogens is 1. The van der Waals surface area contributed by atoms with E-state index in [1.54, 1.807) is 33.7 Å². The number of nitrogens with zero attached hydrogens (tertiary/aromatic N) is 3. The molecule has 0 aliphatic carbocycles. The number of hydrogen-bond acceptors (Lipinski definition) is 4. The standard InChI is InChI=1S/C21H23ClN4O3/c1-4-25(5-2)20(27)13-29-18-7-6-15(11-16(18)22)23-21(28)17-12-26-9-8-14(3)10-19(26)24-17/h6-12H,4-5,13H2,1-3H3,(H,23,28).